The molecular weight excluding hydrogens is 707 g/mol. The van der Waals surface area contributed by atoms with E-state index in [9.17, 15) is 19.5 Å². The monoisotopic (exact) mass is 751 g/mol. The van der Waals surface area contributed by atoms with E-state index in [0.717, 1.165) is 38.6 Å². The highest BCUT2D eigenvalue weighted by atomic mass is 16.6. The Balaban J connectivity index is 0.000000190. The van der Waals surface area contributed by atoms with Crippen molar-refractivity contribution in [1.82, 2.24) is 10.2 Å². The van der Waals surface area contributed by atoms with Crippen LogP contribution in [0.25, 0.3) is 32.4 Å². The maximum absolute atomic E-state index is 13.2. The molecule has 0 aliphatic rings. The molecule has 0 radical (unpaired) electrons. The molecule has 0 aliphatic heterocycles. The van der Waals surface area contributed by atoms with Gasteiger partial charge in [0.1, 0.15) is 22.8 Å². The minimum absolute atomic E-state index is 0.125. The number of carbonyl (C=O) groups is 3. The number of phenols is 1. The van der Waals surface area contributed by atoms with Crippen LogP contribution in [0.2, 0.25) is 0 Å². The van der Waals surface area contributed by atoms with Crippen LogP contribution in [0.5, 0.6) is 17.2 Å². The van der Waals surface area contributed by atoms with Gasteiger partial charge in [-0.15, -0.1) is 0 Å². The minimum Gasteiger partial charge on any atom is -0.506 e. The van der Waals surface area contributed by atoms with Gasteiger partial charge in [-0.25, -0.2) is 4.79 Å². The first-order valence-electron chi connectivity index (χ1n) is 18.2. The smallest absolute Gasteiger partial charge is 0.419 e. The summed E-state index contributed by atoms with van der Waals surface area (Å²) in [6.45, 7) is 10.2. The molecule has 0 unspecified atom stereocenters. The molecule has 11 nitrogen and oxygen atoms in total. The molecule has 1 aromatic heterocycles. The molecular formula is C45H45N5O6. The van der Waals surface area contributed by atoms with Crippen molar-refractivity contribution in [2.24, 2.45) is 5.92 Å². The summed E-state index contributed by atoms with van der Waals surface area (Å²) in [7, 11) is 3.18. The highest BCUT2D eigenvalue weighted by Gasteiger charge is 2.23. The Morgan fingerprint density at radius 2 is 1.46 bits per heavy atom. The van der Waals surface area contributed by atoms with Crippen LogP contribution in [0.1, 0.15) is 42.4 Å². The SMILES string of the molecule is COc1ccccc1NC(=O)c1ccc2c(N(C)C(C)=O)cccc2c1O.Cc1cccc(OC(=O)N(CC(C)C)c2cccc3c2ccc2c(C)[nH]nc23)c1. The Labute approximate surface area is 325 Å². The number of aryl methyl sites for hydroxylation is 2. The molecule has 7 aromatic rings. The second-order valence-electron chi connectivity index (χ2n) is 13.9. The van der Waals surface area contributed by atoms with Crippen LogP contribution in [0.15, 0.2) is 109 Å². The number of nitrogens with one attached hydrogen (secondary N) is 2. The van der Waals surface area contributed by atoms with Gasteiger partial charge in [0.25, 0.3) is 5.91 Å². The average Bonchev–Trinajstić information content (AvgIpc) is 3.57. The number of para-hydroxylation sites is 2. The zero-order valence-electron chi connectivity index (χ0n) is 32.5. The number of aromatic hydroxyl groups is 1. The normalized spacial score (nSPS) is 10.9. The van der Waals surface area contributed by atoms with Crippen molar-refractivity contribution >= 4 is 67.4 Å². The number of fused-ring (bicyclic) bond motifs is 4. The molecule has 0 fully saturated rings. The quantitative estimate of drug-likeness (QED) is 0.141. The number of H-pyrrole nitrogens is 1. The fourth-order valence-corrected chi connectivity index (χ4v) is 6.56. The number of hydrogen-bond donors (Lipinski definition) is 3. The van der Waals surface area contributed by atoms with E-state index < -0.39 is 5.91 Å². The zero-order chi connectivity index (χ0) is 40.1. The lowest BCUT2D eigenvalue weighted by atomic mass is 10.0. The van der Waals surface area contributed by atoms with E-state index >= 15 is 0 Å². The molecule has 3 amide bonds. The number of benzene rings is 6. The summed E-state index contributed by atoms with van der Waals surface area (Å²) in [5.74, 6) is 0.639. The van der Waals surface area contributed by atoms with E-state index in [1.54, 1.807) is 72.6 Å². The Hall–Kier alpha value is -6.88. The first kappa shape index (κ1) is 38.8. The van der Waals surface area contributed by atoms with Crippen LogP contribution >= 0.6 is 0 Å². The van der Waals surface area contributed by atoms with Crippen LogP contribution < -0.4 is 24.6 Å². The van der Waals surface area contributed by atoms with Gasteiger partial charge in [-0.2, -0.15) is 5.10 Å². The molecule has 0 aliphatic carbocycles. The summed E-state index contributed by atoms with van der Waals surface area (Å²) in [4.78, 5) is 40.8. The van der Waals surface area contributed by atoms with E-state index in [4.69, 9.17) is 9.47 Å². The van der Waals surface area contributed by atoms with Crippen LogP contribution in [0.3, 0.4) is 0 Å². The summed E-state index contributed by atoms with van der Waals surface area (Å²) in [6, 6.07) is 33.2. The summed E-state index contributed by atoms with van der Waals surface area (Å²) in [5, 5.41) is 25.2. The molecule has 3 N–H and O–H groups in total. The second-order valence-corrected chi connectivity index (χ2v) is 13.9. The van der Waals surface area contributed by atoms with Crippen LogP contribution in [-0.4, -0.2) is 53.9 Å². The number of nitrogens with zero attached hydrogens (tertiary/aromatic N) is 3. The molecule has 0 saturated carbocycles. The predicted molar refractivity (Wildman–Crippen MR) is 223 cm³/mol. The molecule has 0 atom stereocenters. The predicted octanol–water partition coefficient (Wildman–Crippen LogP) is 9.78. The van der Waals surface area contributed by atoms with Crippen LogP contribution in [0.4, 0.5) is 21.9 Å². The number of phenolic OH excluding ortho intramolecular Hbond substituents is 1. The number of hydrogen-bond acceptors (Lipinski definition) is 7. The van der Waals surface area contributed by atoms with Crippen LogP contribution in [0, 0.1) is 19.8 Å². The number of ether oxygens (including phenoxy) is 2. The van der Waals surface area contributed by atoms with Crippen molar-refractivity contribution in [3.8, 4) is 17.2 Å². The maximum Gasteiger partial charge on any atom is 0.419 e. The van der Waals surface area contributed by atoms with Gasteiger partial charge in [0.05, 0.1) is 29.7 Å². The first-order valence-corrected chi connectivity index (χ1v) is 18.2. The van der Waals surface area contributed by atoms with E-state index in [-0.39, 0.29) is 29.2 Å². The fourth-order valence-electron chi connectivity index (χ4n) is 6.56. The van der Waals surface area contributed by atoms with Crippen molar-refractivity contribution in [3.05, 3.63) is 126 Å². The fraction of sp³-hybridized carbons (Fsp3) is 0.200. The highest BCUT2D eigenvalue weighted by Crippen LogP contribution is 2.36. The second kappa shape index (κ2) is 16.6. The molecule has 6 aromatic carbocycles. The standard InChI is InChI=1S/C24H25N3O2.C21H20N2O4/c1-15(2)14-27(24(28)29-18-8-5-7-16(3)13-18)22-10-6-9-21-20(22)12-11-19-17(4)25-26-23(19)21;1-13(24)23(2)18-9-6-7-15-14(18)11-12-16(20(15)25)21(26)22-17-8-4-5-10-19(17)27-3/h5-13,15H,14H2,1-4H3,(H,25,26);4-12,25H,1-3H3,(H,22,26). The molecule has 0 spiro atoms. The molecule has 7 rings (SSSR count). The molecule has 0 saturated heterocycles. The Bertz CT molecular complexity index is 2580. The van der Waals surface area contributed by atoms with Gasteiger partial charge in [-0.1, -0.05) is 80.6 Å². The topological polar surface area (TPSA) is 137 Å². The van der Waals surface area contributed by atoms with Gasteiger partial charge in [0.15, 0.2) is 0 Å². The van der Waals surface area contributed by atoms with Gasteiger partial charge in [-0.05, 0) is 67.8 Å². The number of anilines is 3. The Morgan fingerprint density at radius 3 is 2.18 bits per heavy atom. The Kier molecular flexibility index (Phi) is 11.5. The largest absolute Gasteiger partial charge is 0.506 e. The lowest BCUT2D eigenvalue weighted by Gasteiger charge is -2.25. The van der Waals surface area contributed by atoms with Crippen molar-refractivity contribution in [3.63, 3.8) is 0 Å². The van der Waals surface area contributed by atoms with E-state index in [1.807, 2.05) is 50.2 Å². The minimum atomic E-state index is -0.454. The van der Waals surface area contributed by atoms with E-state index in [0.29, 0.717) is 40.2 Å². The van der Waals surface area contributed by atoms with Gasteiger partial charge < -0.3 is 24.8 Å². The number of rotatable bonds is 8. The van der Waals surface area contributed by atoms with Gasteiger partial charge in [0.2, 0.25) is 5.91 Å². The highest BCUT2D eigenvalue weighted by molar-refractivity contribution is 6.14. The van der Waals surface area contributed by atoms with Crippen molar-refractivity contribution in [2.75, 3.05) is 35.8 Å². The Morgan fingerprint density at radius 1 is 0.804 bits per heavy atom. The average molecular weight is 752 g/mol. The maximum atomic E-state index is 13.2. The van der Waals surface area contributed by atoms with E-state index in [2.05, 4.69) is 41.5 Å². The lowest BCUT2D eigenvalue weighted by molar-refractivity contribution is -0.116. The number of carbonyl (C=O) groups excluding carboxylic acids is 3. The third kappa shape index (κ3) is 8.12. The van der Waals surface area contributed by atoms with Crippen molar-refractivity contribution in [2.45, 2.75) is 34.6 Å². The molecule has 0 bridgehead atoms. The first-order chi connectivity index (χ1) is 26.9. The molecule has 1 heterocycles. The third-order valence-electron chi connectivity index (χ3n) is 9.45. The molecule has 11 heteroatoms. The van der Waals surface area contributed by atoms with Gasteiger partial charge in [0, 0.05) is 53.1 Å². The summed E-state index contributed by atoms with van der Waals surface area (Å²) < 4.78 is 11.0. The zero-order valence-corrected chi connectivity index (χ0v) is 32.5. The molecule has 56 heavy (non-hydrogen) atoms. The number of aromatic nitrogens is 2. The summed E-state index contributed by atoms with van der Waals surface area (Å²) >= 11 is 0. The van der Waals surface area contributed by atoms with Gasteiger partial charge >= 0.3 is 6.09 Å². The van der Waals surface area contributed by atoms with E-state index in [1.165, 1.54) is 18.9 Å². The van der Waals surface area contributed by atoms with Crippen LogP contribution in [-0.2, 0) is 4.79 Å². The lowest BCUT2D eigenvalue weighted by Crippen LogP contribution is -2.36. The summed E-state index contributed by atoms with van der Waals surface area (Å²) in [5.41, 5.74) is 5.13. The number of aromatic amines is 1. The van der Waals surface area contributed by atoms with Crippen molar-refractivity contribution < 1.29 is 29.0 Å². The van der Waals surface area contributed by atoms with Gasteiger partial charge in [-0.3, -0.25) is 19.6 Å². The number of amides is 3. The van der Waals surface area contributed by atoms with Crippen molar-refractivity contribution in [1.29, 1.82) is 0 Å². The number of methoxy groups -OCH3 is 1. The third-order valence-corrected chi connectivity index (χ3v) is 9.45. The molecule has 286 valence electrons. The summed E-state index contributed by atoms with van der Waals surface area (Å²) in [6.07, 6.45) is -0.380.